The Labute approximate surface area is 309 Å². The molecule has 1 unspecified atom stereocenters. The molecule has 0 saturated carbocycles. The fourth-order valence-electron chi connectivity index (χ4n) is 5.82. The minimum Gasteiger partial charge on any atom is -0.387 e. The maximum atomic E-state index is 12.8. The summed E-state index contributed by atoms with van der Waals surface area (Å²) in [5.74, 6) is -0.187. The van der Waals surface area contributed by atoms with Crippen molar-refractivity contribution < 1.29 is 32.9 Å². The number of hydrogen-bond donors (Lipinski definition) is 3. The number of aliphatic hydroxyl groups excluding tert-OH is 1. The average Bonchev–Trinajstić information content (AvgIpc) is 3.06. The summed E-state index contributed by atoms with van der Waals surface area (Å²) in [7, 11) is 1.56. The minimum atomic E-state index is -4.33. The molecular formula is C41H82N2O6P+. The molecule has 50 heavy (non-hydrogen) atoms. The van der Waals surface area contributed by atoms with Gasteiger partial charge in [-0.25, -0.2) is 4.57 Å². The van der Waals surface area contributed by atoms with Crippen LogP contribution in [0.25, 0.3) is 0 Å². The molecule has 0 spiro atoms. The van der Waals surface area contributed by atoms with Gasteiger partial charge in [0.15, 0.2) is 0 Å². The molecule has 3 atom stereocenters. The van der Waals surface area contributed by atoms with Gasteiger partial charge in [0.2, 0.25) is 5.91 Å². The largest absolute Gasteiger partial charge is 0.472 e. The van der Waals surface area contributed by atoms with Crippen LogP contribution in [-0.2, 0) is 18.4 Å². The maximum absolute atomic E-state index is 12.8. The van der Waals surface area contributed by atoms with Gasteiger partial charge in [0, 0.05) is 6.42 Å². The van der Waals surface area contributed by atoms with E-state index in [2.05, 4.69) is 31.3 Å². The number of hydrogen-bond acceptors (Lipinski definition) is 5. The Hall–Kier alpha value is -1.02. The van der Waals surface area contributed by atoms with Crippen molar-refractivity contribution in [1.82, 2.24) is 5.32 Å². The first-order valence-corrected chi connectivity index (χ1v) is 22.2. The number of nitrogens with zero attached hydrogens (tertiary/aromatic N) is 1. The van der Waals surface area contributed by atoms with Crippen molar-refractivity contribution in [1.29, 1.82) is 0 Å². The van der Waals surface area contributed by atoms with Crippen LogP contribution in [0.1, 0.15) is 181 Å². The van der Waals surface area contributed by atoms with Crippen LogP contribution in [0.4, 0.5) is 0 Å². The molecule has 0 fully saturated rings. The molecule has 0 rings (SSSR count). The summed E-state index contributed by atoms with van der Waals surface area (Å²) in [4.78, 5) is 23.0. The lowest BCUT2D eigenvalue weighted by atomic mass is 10.0. The van der Waals surface area contributed by atoms with E-state index in [4.69, 9.17) is 9.05 Å². The monoisotopic (exact) mass is 730 g/mol. The summed E-state index contributed by atoms with van der Waals surface area (Å²) < 4.78 is 23.5. The highest BCUT2D eigenvalue weighted by Gasteiger charge is 2.27. The van der Waals surface area contributed by atoms with E-state index in [-0.39, 0.29) is 19.1 Å². The van der Waals surface area contributed by atoms with Crippen LogP contribution in [0.2, 0.25) is 0 Å². The molecule has 0 saturated heterocycles. The number of quaternary nitrogens is 1. The molecule has 3 N–H and O–H groups in total. The van der Waals surface area contributed by atoms with Gasteiger partial charge in [-0.1, -0.05) is 167 Å². The van der Waals surface area contributed by atoms with Gasteiger partial charge in [-0.3, -0.25) is 13.8 Å². The average molecular weight is 730 g/mol. The fraction of sp³-hybridized carbons (Fsp3) is 0.878. The normalized spacial score (nSPS) is 14.8. The number of carbonyl (C=O) groups is 1. The number of phosphoric ester groups is 1. The van der Waals surface area contributed by atoms with E-state index in [1.165, 1.54) is 122 Å². The Bertz CT molecular complexity index is 876. The molecular weight excluding hydrogens is 647 g/mol. The molecule has 0 heterocycles. The van der Waals surface area contributed by atoms with Gasteiger partial charge in [0.1, 0.15) is 13.2 Å². The Balaban J connectivity index is 4.50. The number of amides is 1. The predicted molar refractivity (Wildman–Crippen MR) is 212 cm³/mol. The van der Waals surface area contributed by atoms with E-state index >= 15 is 0 Å². The Morgan fingerprint density at radius 3 is 1.60 bits per heavy atom. The molecule has 1 amide bonds. The van der Waals surface area contributed by atoms with Crippen molar-refractivity contribution >= 4 is 13.7 Å². The van der Waals surface area contributed by atoms with E-state index in [0.29, 0.717) is 17.4 Å². The molecule has 0 aromatic carbocycles. The molecule has 0 aliphatic rings. The topological polar surface area (TPSA) is 105 Å². The maximum Gasteiger partial charge on any atom is 0.472 e. The van der Waals surface area contributed by atoms with E-state index in [9.17, 15) is 19.4 Å². The van der Waals surface area contributed by atoms with Gasteiger partial charge in [-0.05, 0) is 32.1 Å². The van der Waals surface area contributed by atoms with Crippen molar-refractivity contribution in [3.63, 3.8) is 0 Å². The SMILES string of the molecule is CCCCCCCCC/C=C/CC/C=C/[C@@H](O)[C@H](COP(=O)(O)OCC[N+](C)(C)C)NC(=O)CCCCCCCCCCCCCCCCC. The summed E-state index contributed by atoms with van der Waals surface area (Å²) >= 11 is 0. The zero-order valence-corrected chi connectivity index (χ0v) is 34.3. The number of rotatable bonds is 37. The summed E-state index contributed by atoms with van der Waals surface area (Å²) in [5.41, 5.74) is 0. The third-order valence-corrected chi connectivity index (χ3v) is 10.2. The highest BCUT2D eigenvalue weighted by molar-refractivity contribution is 7.47. The van der Waals surface area contributed by atoms with Crippen LogP contribution in [0.15, 0.2) is 24.3 Å². The quantitative estimate of drug-likeness (QED) is 0.0254. The van der Waals surface area contributed by atoms with Gasteiger partial charge in [-0.15, -0.1) is 0 Å². The number of aliphatic hydroxyl groups is 1. The van der Waals surface area contributed by atoms with Crippen molar-refractivity contribution in [3.8, 4) is 0 Å². The first-order chi connectivity index (χ1) is 24.0. The number of nitrogens with one attached hydrogen (secondary N) is 1. The standard InChI is InChI=1S/C41H81N2O6P/c1-6-8-10-12-14-16-18-20-21-23-25-27-29-31-33-35-41(45)42-39(38-49-50(46,47)48-37-36-43(3,4)5)40(44)34-32-30-28-26-24-22-19-17-15-13-11-9-7-2/h24,26,32,34,39-40,44H,6-23,25,27-31,33,35-38H2,1-5H3,(H-,42,45,46,47)/p+1/b26-24+,34-32+/t39-,40+/m0/s1. The second kappa shape index (κ2) is 33.8. The van der Waals surface area contributed by atoms with E-state index in [0.717, 1.165) is 38.5 Å². The number of unbranched alkanes of at least 4 members (excludes halogenated alkanes) is 22. The first kappa shape index (κ1) is 49.0. The van der Waals surface area contributed by atoms with Crippen molar-refractivity contribution in [3.05, 3.63) is 24.3 Å². The second-order valence-electron chi connectivity index (χ2n) is 15.4. The van der Waals surface area contributed by atoms with E-state index in [1.54, 1.807) is 6.08 Å². The van der Waals surface area contributed by atoms with Crippen molar-refractivity contribution in [2.75, 3.05) is 40.9 Å². The smallest absolute Gasteiger partial charge is 0.387 e. The lowest BCUT2D eigenvalue weighted by Gasteiger charge is -2.25. The summed E-state index contributed by atoms with van der Waals surface area (Å²) in [6, 6.07) is -0.856. The molecule has 296 valence electrons. The van der Waals surface area contributed by atoms with Crippen molar-refractivity contribution in [2.24, 2.45) is 0 Å². The Morgan fingerprint density at radius 2 is 1.10 bits per heavy atom. The van der Waals surface area contributed by atoms with Crippen LogP contribution in [0.3, 0.4) is 0 Å². The number of phosphoric acid groups is 1. The van der Waals surface area contributed by atoms with E-state index in [1.807, 2.05) is 27.2 Å². The van der Waals surface area contributed by atoms with Gasteiger partial charge >= 0.3 is 7.82 Å². The highest BCUT2D eigenvalue weighted by Crippen LogP contribution is 2.43. The van der Waals surface area contributed by atoms with Crippen LogP contribution in [0.5, 0.6) is 0 Å². The van der Waals surface area contributed by atoms with Crippen LogP contribution >= 0.6 is 7.82 Å². The van der Waals surface area contributed by atoms with Gasteiger partial charge in [-0.2, -0.15) is 0 Å². The molecule has 0 aromatic rings. The lowest BCUT2D eigenvalue weighted by molar-refractivity contribution is -0.870. The molecule has 0 bridgehead atoms. The van der Waals surface area contributed by atoms with Gasteiger partial charge in [0.25, 0.3) is 0 Å². The number of allylic oxidation sites excluding steroid dienone is 3. The highest BCUT2D eigenvalue weighted by atomic mass is 31.2. The van der Waals surface area contributed by atoms with Crippen LogP contribution < -0.4 is 5.32 Å². The van der Waals surface area contributed by atoms with Gasteiger partial charge in [0.05, 0.1) is 39.9 Å². The molecule has 9 heteroatoms. The summed E-state index contributed by atoms with van der Waals surface area (Å²) in [6.45, 7) is 4.77. The summed E-state index contributed by atoms with van der Waals surface area (Å²) in [6.07, 6.45) is 38.1. The number of carbonyl (C=O) groups excluding carboxylic acids is 1. The first-order valence-electron chi connectivity index (χ1n) is 20.7. The molecule has 0 aromatic heterocycles. The van der Waals surface area contributed by atoms with Crippen molar-refractivity contribution in [2.45, 2.75) is 193 Å². The molecule has 0 radical (unpaired) electrons. The third-order valence-electron chi connectivity index (χ3n) is 9.17. The summed E-state index contributed by atoms with van der Waals surface area (Å²) in [5, 5.41) is 13.8. The van der Waals surface area contributed by atoms with Crippen LogP contribution in [0, 0.1) is 0 Å². The van der Waals surface area contributed by atoms with Gasteiger partial charge < -0.3 is 19.8 Å². The Morgan fingerprint density at radius 1 is 0.660 bits per heavy atom. The van der Waals surface area contributed by atoms with E-state index < -0.39 is 20.0 Å². The molecule has 8 nitrogen and oxygen atoms in total. The third kappa shape index (κ3) is 35.4. The fourth-order valence-corrected chi connectivity index (χ4v) is 6.56. The molecule has 0 aliphatic heterocycles. The van der Waals surface area contributed by atoms with Crippen LogP contribution in [-0.4, -0.2) is 73.4 Å². The number of likely N-dealkylation sites (N-methyl/N-ethyl adjacent to an activating group) is 1. The minimum absolute atomic E-state index is 0.0580. The lowest BCUT2D eigenvalue weighted by Crippen LogP contribution is -2.45. The predicted octanol–water partition coefficient (Wildman–Crippen LogP) is 11.0. The second-order valence-corrected chi connectivity index (χ2v) is 16.8. The Kier molecular flexibility index (Phi) is 33.1. The zero-order chi connectivity index (χ0) is 37.2. The zero-order valence-electron chi connectivity index (χ0n) is 33.4. The molecule has 0 aliphatic carbocycles.